The molecule has 3 atom stereocenters. The Labute approximate surface area is 104 Å². The van der Waals surface area contributed by atoms with E-state index in [1.165, 1.54) is 31.4 Å². The minimum Gasteiger partial charge on any atom is -0.311 e. The molecule has 17 heavy (non-hydrogen) atoms. The first kappa shape index (κ1) is 11.2. The summed E-state index contributed by atoms with van der Waals surface area (Å²) in [4.78, 5) is 2.74. The molecule has 2 nitrogen and oxygen atoms in total. The fourth-order valence-electron chi connectivity index (χ4n) is 3.50. The average molecular weight is 230 g/mol. The van der Waals surface area contributed by atoms with Crippen LogP contribution in [0, 0.1) is 0 Å². The molecule has 1 aromatic rings. The maximum atomic E-state index is 3.70. The van der Waals surface area contributed by atoms with Gasteiger partial charge in [-0.05, 0) is 24.8 Å². The lowest BCUT2D eigenvalue weighted by Crippen LogP contribution is -2.57. The molecule has 2 bridgehead atoms. The van der Waals surface area contributed by atoms with E-state index in [0.717, 1.165) is 18.6 Å². The Balaban J connectivity index is 1.75. The van der Waals surface area contributed by atoms with Crippen molar-refractivity contribution in [1.29, 1.82) is 0 Å². The third-order valence-corrected chi connectivity index (χ3v) is 4.42. The molecule has 1 N–H and O–H groups in total. The molecule has 0 spiro atoms. The highest BCUT2D eigenvalue weighted by atomic mass is 15.3. The molecule has 2 saturated heterocycles. The molecule has 3 rings (SSSR count). The van der Waals surface area contributed by atoms with Gasteiger partial charge < -0.3 is 5.32 Å². The molecule has 0 amide bonds. The molecule has 2 heterocycles. The van der Waals surface area contributed by atoms with E-state index in [2.05, 4.69) is 47.5 Å². The number of fused-ring (bicyclic) bond motifs is 2. The van der Waals surface area contributed by atoms with E-state index in [1.54, 1.807) is 0 Å². The molecule has 2 aliphatic heterocycles. The van der Waals surface area contributed by atoms with E-state index in [4.69, 9.17) is 0 Å². The van der Waals surface area contributed by atoms with Crippen molar-refractivity contribution in [3.05, 3.63) is 35.9 Å². The van der Waals surface area contributed by atoms with E-state index in [-0.39, 0.29) is 0 Å². The fourth-order valence-corrected chi connectivity index (χ4v) is 3.50. The standard InChI is InChI=1S/C15H22N2/c1-2-14-15-9-8-13(10-16-14)17(15)11-12-6-4-3-5-7-12/h3-7,13-16H,2,8-11H2,1H3/t13-,14+,15+/m1/s1. The highest BCUT2D eigenvalue weighted by Crippen LogP contribution is 2.32. The molecule has 2 heteroatoms. The number of hydrogen-bond donors (Lipinski definition) is 1. The van der Waals surface area contributed by atoms with Crippen molar-refractivity contribution in [2.45, 2.75) is 50.9 Å². The third kappa shape index (κ3) is 2.12. The number of benzene rings is 1. The predicted molar refractivity (Wildman–Crippen MR) is 70.9 cm³/mol. The van der Waals surface area contributed by atoms with Gasteiger partial charge in [0.25, 0.3) is 0 Å². The first-order valence-corrected chi connectivity index (χ1v) is 6.91. The largest absolute Gasteiger partial charge is 0.311 e. The van der Waals surface area contributed by atoms with Gasteiger partial charge in [0, 0.05) is 31.2 Å². The van der Waals surface area contributed by atoms with Gasteiger partial charge in [-0.3, -0.25) is 4.90 Å². The van der Waals surface area contributed by atoms with Crippen LogP contribution < -0.4 is 5.32 Å². The Hall–Kier alpha value is -0.860. The van der Waals surface area contributed by atoms with Gasteiger partial charge in [-0.25, -0.2) is 0 Å². The second-order valence-electron chi connectivity index (χ2n) is 5.38. The molecule has 1 aromatic carbocycles. The molecular weight excluding hydrogens is 208 g/mol. The molecular formula is C15H22N2. The summed E-state index contributed by atoms with van der Waals surface area (Å²) >= 11 is 0. The number of piperazine rings is 1. The van der Waals surface area contributed by atoms with Gasteiger partial charge in [-0.2, -0.15) is 0 Å². The Bertz CT molecular complexity index is 362. The Morgan fingerprint density at radius 3 is 2.82 bits per heavy atom. The maximum Gasteiger partial charge on any atom is 0.0256 e. The second-order valence-corrected chi connectivity index (χ2v) is 5.38. The monoisotopic (exact) mass is 230 g/mol. The van der Waals surface area contributed by atoms with Crippen molar-refractivity contribution < 1.29 is 0 Å². The second kappa shape index (κ2) is 4.79. The highest BCUT2D eigenvalue weighted by molar-refractivity contribution is 5.16. The van der Waals surface area contributed by atoms with Crippen LogP contribution in [0.3, 0.4) is 0 Å². The summed E-state index contributed by atoms with van der Waals surface area (Å²) in [7, 11) is 0. The lowest BCUT2D eigenvalue weighted by atomic mass is 10.0. The SMILES string of the molecule is CC[C@@H]1NC[C@H]2CC[C@@H]1N2Cc1ccccc1. The van der Waals surface area contributed by atoms with E-state index in [0.29, 0.717) is 6.04 Å². The third-order valence-electron chi connectivity index (χ3n) is 4.42. The van der Waals surface area contributed by atoms with Crippen LogP contribution in [0.1, 0.15) is 31.7 Å². The van der Waals surface area contributed by atoms with Crippen molar-refractivity contribution in [3.8, 4) is 0 Å². The predicted octanol–water partition coefficient (Wildman–Crippen LogP) is 2.40. The first-order valence-electron chi connectivity index (χ1n) is 6.91. The summed E-state index contributed by atoms with van der Waals surface area (Å²) in [6.07, 6.45) is 4.01. The van der Waals surface area contributed by atoms with E-state index in [1.807, 2.05) is 0 Å². The first-order chi connectivity index (χ1) is 8.38. The minimum absolute atomic E-state index is 0.706. The van der Waals surface area contributed by atoms with Crippen molar-refractivity contribution in [1.82, 2.24) is 10.2 Å². The van der Waals surface area contributed by atoms with Gasteiger partial charge in [-0.15, -0.1) is 0 Å². The fraction of sp³-hybridized carbons (Fsp3) is 0.600. The normalized spacial score (nSPS) is 32.9. The van der Waals surface area contributed by atoms with E-state index >= 15 is 0 Å². The zero-order chi connectivity index (χ0) is 11.7. The smallest absolute Gasteiger partial charge is 0.0256 e. The van der Waals surface area contributed by atoms with Crippen LogP contribution in [0.2, 0.25) is 0 Å². The Morgan fingerprint density at radius 2 is 2.06 bits per heavy atom. The van der Waals surface area contributed by atoms with Crippen LogP contribution in [-0.4, -0.2) is 29.6 Å². The van der Waals surface area contributed by atoms with Gasteiger partial charge in [-0.1, -0.05) is 37.3 Å². The number of nitrogens with one attached hydrogen (secondary N) is 1. The van der Waals surface area contributed by atoms with Crippen LogP contribution in [0.4, 0.5) is 0 Å². The van der Waals surface area contributed by atoms with Crippen molar-refractivity contribution >= 4 is 0 Å². The zero-order valence-corrected chi connectivity index (χ0v) is 10.6. The maximum absolute atomic E-state index is 3.70. The van der Waals surface area contributed by atoms with Crippen molar-refractivity contribution in [2.24, 2.45) is 0 Å². The van der Waals surface area contributed by atoms with Gasteiger partial charge in [0.1, 0.15) is 0 Å². The Kier molecular flexibility index (Phi) is 3.17. The molecule has 0 saturated carbocycles. The van der Waals surface area contributed by atoms with Crippen LogP contribution in [0.15, 0.2) is 30.3 Å². The van der Waals surface area contributed by atoms with Crippen molar-refractivity contribution in [3.63, 3.8) is 0 Å². The van der Waals surface area contributed by atoms with Gasteiger partial charge in [0.15, 0.2) is 0 Å². The lowest BCUT2D eigenvalue weighted by Gasteiger charge is -2.40. The van der Waals surface area contributed by atoms with Crippen LogP contribution in [0.5, 0.6) is 0 Å². The highest BCUT2D eigenvalue weighted by Gasteiger charge is 2.40. The molecule has 2 fully saturated rings. The quantitative estimate of drug-likeness (QED) is 0.858. The van der Waals surface area contributed by atoms with E-state index in [9.17, 15) is 0 Å². The van der Waals surface area contributed by atoms with Crippen molar-refractivity contribution in [2.75, 3.05) is 6.54 Å². The van der Waals surface area contributed by atoms with Gasteiger partial charge in [0.05, 0.1) is 0 Å². The molecule has 92 valence electrons. The molecule has 2 aliphatic rings. The number of rotatable bonds is 3. The van der Waals surface area contributed by atoms with Gasteiger partial charge >= 0.3 is 0 Å². The molecule has 0 radical (unpaired) electrons. The van der Waals surface area contributed by atoms with E-state index < -0.39 is 0 Å². The number of hydrogen-bond acceptors (Lipinski definition) is 2. The summed E-state index contributed by atoms with van der Waals surface area (Å²) in [5.41, 5.74) is 1.46. The summed E-state index contributed by atoms with van der Waals surface area (Å²) in [5.74, 6) is 0. The summed E-state index contributed by atoms with van der Waals surface area (Å²) < 4.78 is 0. The number of nitrogens with zero attached hydrogens (tertiary/aromatic N) is 1. The van der Waals surface area contributed by atoms with Gasteiger partial charge in [0.2, 0.25) is 0 Å². The minimum atomic E-state index is 0.706. The summed E-state index contributed by atoms with van der Waals surface area (Å²) in [6, 6.07) is 13.1. The van der Waals surface area contributed by atoms with Crippen LogP contribution in [-0.2, 0) is 6.54 Å². The average Bonchev–Trinajstić information content (AvgIpc) is 2.64. The lowest BCUT2D eigenvalue weighted by molar-refractivity contribution is 0.106. The molecule has 0 aromatic heterocycles. The summed E-state index contributed by atoms with van der Waals surface area (Å²) in [6.45, 7) is 4.62. The van der Waals surface area contributed by atoms with Crippen LogP contribution >= 0.6 is 0 Å². The molecule has 0 unspecified atom stereocenters. The summed E-state index contributed by atoms with van der Waals surface area (Å²) in [5, 5.41) is 3.70. The van der Waals surface area contributed by atoms with Crippen LogP contribution in [0.25, 0.3) is 0 Å². The topological polar surface area (TPSA) is 15.3 Å². The zero-order valence-electron chi connectivity index (χ0n) is 10.6. The molecule has 0 aliphatic carbocycles. The Morgan fingerprint density at radius 1 is 1.24 bits per heavy atom.